The van der Waals surface area contributed by atoms with Gasteiger partial charge in [0.2, 0.25) is 0 Å². The Kier molecular flexibility index (Phi) is 7.05. The average Bonchev–Trinajstić information content (AvgIpc) is 3.59. The van der Waals surface area contributed by atoms with Crippen molar-refractivity contribution in [3.8, 4) is 0 Å². The summed E-state index contributed by atoms with van der Waals surface area (Å²) in [5, 5.41) is 2.92. The molecule has 1 amide bonds. The minimum Gasteiger partial charge on any atom is -0.432 e. The molecule has 2 N–H and O–H groups in total. The number of aromatic nitrogens is 1. The Hall–Kier alpha value is -2.00. The smallest absolute Gasteiger partial charge is 0.432 e. The SMILES string of the molecule is CC1(C)OB(c2cccc(NC(=O)c3ccc(C4CC4)nc3)c2CCC(C)(C)[Si](C)(C)O)OC1(C)C. The van der Waals surface area contributed by atoms with E-state index in [1.807, 2.05) is 71.1 Å². The van der Waals surface area contributed by atoms with Crippen molar-refractivity contribution in [3.05, 3.63) is 53.3 Å². The van der Waals surface area contributed by atoms with E-state index in [-0.39, 0.29) is 10.9 Å². The predicted molar refractivity (Wildman–Crippen MR) is 148 cm³/mol. The highest BCUT2D eigenvalue weighted by molar-refractivity contribution is 6.72. The van der Waals surface area contributed by atoms with Crippen LogP contribution >= 0.6 is 0 Å². The third-order valence-electron chi connectivity index (χ3n) is 8.67. The fraction of sp³-hybridized carbons (Fsp3) is 0.571. The maximum absolute atomic E-state index is 13.2. The van der Waals surface area contributed by atoms with Crippen molar-refractivity contribution < 1.29 is 18.9 Å². The Balaban J connectivity index is 1.65. The lowest BCUT2D eigenvalue weighted by atomic mass is 9.74. The van der Waals surface area contributed by atoms with Gasteiger partial charge in [-0.25, -0.2) is 0 Å². The van der Waals surface area contributed by atoms with Crippen molar-refractivity contribution in [2.75, 3.05) is 5.32 Å². The Morgan fingerprint density at radius 1 is 1.14 bits per heavy atom. The number of pyridine rings is 1. The number of nitrogens with one attached hydrogen (secondary N) is 1. The average molecular weight is 509 g/mol. The van der Waals surface area contributed by atoms with Gasteiger partial charge in [0.1, 0.15) is 0 Å². The zero-order valence-electron chi connectivity index (χ0n) is 23.1. The first-order valence-corrected chi connectivity index (χ1v) is 16.0. The van der Waals surface area contributed by atoms with Gasteiger partial charge in [-0.05, 0) is 101 Å². The summed E-state index contributed by atoms with van der Waals surface area (Å²) < 4.78 is 12.8. The van der Waals surface area contributed by atoms with Crippen molar-refractivity contribution in [3.63, 3.8) is 0 Å². The van der Waals surface area contributed by atoms with E-state index in [0.717, 1.165) is 28.8 Å². The molecular formula is C28H41BN2O4Si. The standard InChI is InChI=1S/C28H41BN2O4Si/c1-26(2,36(7,8)33)17-16-21-22(29-34-27(3,4)28(5,6)35-29)10-9-11-24(21)31-25(32)20-14-15-23(30-18-20)19-12-13-19/h9-11,14-15,18-19,33H,12-13,16-17H2,1-8H3,(H,31,32). The predicted octanol–water partition coefficient (Wildman–Crippen LogP) is 5.42. The maximum atomic E-state index is 13.2. The van der Waals surface area contributed by atoms with E-state index in [2.05, 4.69) is 24.1 Å². The molecule has 0 atom stereocenters. The molecule has 0 spiro atoms. The molecule has 2 fully saturated rings. The van der Waals surface area contributed by atoms with E-state index in [1.165, 1.54) is 12.8 Å². The van der Waals surface area contributed by atoms with E-state index in [1.54, 1.807) is 6.20 Å². The topological polar surface area (TPSA) is 80.7 Å². The first-order chi connectivity index (χ1) is 16.6. The molecular weight excluding hydrogens is 467 g/mol. The molecule has 8 heteroatoms. The third-order valence-corrected chi connectivity index (χ3v) is 12.2. The summed E-state index contributed by atoms with van der Waals surface area (Å²) in [6.45, 7) is 16.4. The van der Waals surface area contributed by atoms with Gasteiger partial charge < -0.3 is 19.4 Å². The van der Waals surface area contributed by atoms with E-state index in [9.17, 15) is 9.59 Å². The van der Waals surface area contributed by atoms with Crippen LogP contribution in [0.4, 0.5) is 5.69 Å². The van der Waals surface area contributed by atoms with Crippen molar-refractivity contribution in [1.29, 1.82) is 0 Å². The first-order valence-electron chi connectivity index (χ1n) is 13.1. The summed E-state index contributed by atoms with van der Waals surface area (Å²) in [5.41, 5.74) is 3.31. The summed E-state index contributed by atoms with van der Waals surface area (Å²) in [4.78, 5) is 28.6. The molecule has 1 aromatic carbocycles. The Labute approximate surface area is 217 Å². The van der Waals surface area contributed by atoms with Gasteiger partial charge in [-0.1, -0.05) is 26.0 Å². The van der Waals surface area contributed by atoms with Crippen LogP contribution in [-0.4, -0.2) is 42.3 Å². The number of carbonyl (C=O) groups excluding carboxylic acids is 1. The highest BCUT2D eigenvalue weighted by atomic mass is 28.4. The fourth-order valence-electron chi connectivity index (χ4n) is 4.29. The molecule has 6 nitrogen and oxygen atoms in total. The van der Waals surface area contributed by atoms with Gasteiger partial charge in [0.05, 0.1) is 16.8 Å². The van der Waals surface area contributed by atoms with Gasteiger partial charge in [-0.3, -0.25) is 9.78 Å². The molecule has 1 aromatic heterocycles. The van der Waals surface area contributed by atoms with Crippen LogP contribution in [0, 0.1) is 0 Å². The largest absolute Gasteiger partial charge is 0.495 e. The molecule has 2 heterocycles. The molecule has 0 bridgehead atoms. The number of nitrogens with zero attached hydrogens (tertiary/aromatic N) is 1. The van der Waals surface area contributed by atoms with Gasteiger partial charge in [0.25, 0.3) is 5.91 Å². The van der Waals surface area contributed by atoms with Crippen LogP contribution in [0.5, 0.6) is 0 Å². The van der Waals surface area contributed by atoms with Crippen LogP contribution in [0.3, 0.4) is 0 Å². The molecule has 194 valence electrons. The Bertz CT molecular complexity index is 1110. The number of carbonyl (C=O) groups is 1. The number of amides is 1. The molecule has 1 aliphatic heterocycles. The summed E-state index contributed by atoms with van der Waals surface area (Å²) in [6.07, 6.45) is 5.48. The summed E-state index contributed by atoms with van der Waals surface area (Å²) in [5.74, 6) is 0.362. The summed E-state index contributed by atoms with van der Waals surface area (Å²) in [7, 11) is -2.94. The van der Waals surface area contributed by atoms with E-state index >= 15 is 0 Å². The van der Waals surface area contributed by atoms with Gasteiger partial charge in [0.15, 0.2) is 8.32 Å². The minimum absolute atomic E-state index is 0.187. The van der Waals surface area contributed by atoms with Gasteiger partial charge in [-0.15, -0.1) is 0 Å². The van der Waals surface area contributed by atoms with E-state index in [0.29, 0.717) is 17.9 Å². The van der Waals surface area contributed by atoms with Gasteiger partial charge >= 0.3 is 7.12 Å². The maximum Gasteiger partial charge on any atom is 0.495 e. The van der Waals surface area contributed by atoms with Crippen LogP contribution in [-0.2, 0) is 15.7 Å². The molecule has 1 aliphatic carbocycles. The number of hydrogen-bond acceptors (Lipinski definition) is 5. The fourth-order valence-corrected chi connectivity index (χ4v) is 5.03. The zero-order chi connectivity index (χ0) is 26.5. The van der Waals surface area contributed by atoms with E-state index in [4.69, 9.17) is 9.31 Å². The van der Waals surface area contributed by atoms with E-state index < -0.39 is 26.6 Å². The van der Waals surface area contributed by atoms with Crippen LogP contribution in [0.15, 0.2) is 36.5 Å². The Morgan fingerprint density at radius 3 is 2.31 bits per heavy atom. The van der Waals surface area contributed by atoms with Crippen molar-refractivity contribution in [1.82, 2.24) is 4.98 Å². The second-order valence-electron chi connectivity index (χ2n) is 12.6. The number of rotatable bonds is 8. The second kappa shape index (κ2) is 9.39. The van der Waals surface area contributed by atoms with Crippen molar-refractivity contribution in [2.24, 2.45) is 0 Å². The van der Waals surface area contributed by atoms with Gasteiger partial charge in [0, 0.05) is 23.5 Å². The molecule has 4 rings (SSSR count). The molecule has 2 aromatic rings. The minimum atomic E-state index is -2.40. The molecule has 1 saturated heterocycles. The molecule has 0 radical (unpaired) electrons. The quantitative estimate of drug-likeness (QED) is 0.466. The Morgan fingerprint density at radius 2 is 1.78 bits per heavy atom. The van der Waals surface area contributed by atoms with Crippen LogP contribution < -0.4 is 10.8 Å². The van der Waals surface area contributed by atoms with Crippen molar-refractivity contribution in [2.45, 2.75) is 102 Å². The lowest BCUT2D eigenvalue weighted by molar-refractivity contribution is 0.00578. The number of anilines is 1. The van der Waals surface area contributed by atoms with Crippen LogP contribution in [0.25, 0.3) is 0 Å². The number of benzene rings is 1. The first kappa shape index (κ1) is 27.0. The highest BCUT2D eigenvalue weighted by Crippen LogP contribution is 2.41. The third kappa shape index (κ3) is 5.47. The van der Waals surface area contributed by atoms with Crippen LogP contribution in [0.1, 0.15) is 88.3 Å². The summed E-state index contributed by atoms with van der Waals surface area (Å²) in [6, 6.07) is 9.71. The van der Waals surface area contributed by atoms with Crippen LogP contribution in [0.2, 0.25) is 18.1 Å². The van der Waals surface area contributed by atoms with Crippen molar-refractivity contribution >= 4 is 32.5 Å². The molecule has 0 unspecified atom stereocenters. The molecule has 2 aliphatic rings. The number of hydrogen-bond donors (Lipinski definition) is 2. The van der Waals surface area contributed by atoms with Gasteiger partial charge in [-0.2, -0.15) is 0 Å². The lowest BCUT2D eigenvalue weighted by Crippen LogP contribution is -2.41. The second-order valence-corrected chi connectivity index (χ2v) is 17.1. The zero-order valence-corrected chi connectivity index (χ0v) is 24.1. The molecule has 36 heavy (non-hydrogen) atoms. The lowest BCUT2D eigenvalue weighted by Gasteiger charge is -2.35. The molecule has 1 saturated carbocycles. The monoisotopic (exact) mass is 508 g/mol. The highest BCUT2D eigenvalue weighted by Gasteiger charge is 2.52. The normalized spacial score (nSPS) is 19.4. The summed E-state index contributed by atoms with van der Waals surface area (Å²) >= 11 is 0.